The fraction of sp³-hybridized carbons (Fsp3) is 0.308. The van der Waals surface area contributed by atoms with E-state index < -0.39 is 0 Å². The molecule has 0 aliphatic rings. The number of nitrogens with one attached hydrogen (secondary N) is 2. The highest BCUT2D eigenvalue weighted by atomic mass is 79.9. The van der Waals surface area contributed by atoms with E-state index in [0.717, 1.165) is 10.0 Å². The van der Waals surface area contributed by atoms with E-state index in [1.54, 1.807) is 12.3 Å². The van der Waals surface area contributed by atoms with Crippen LogP contribution in [0.5, 0.6) is 0 Å². The first-order valence-electron chi connectivity index (χ1n) is 5.75. The molecule has 0 aliphatic heterocycles. The topological polar surface area (TPSA) is 61.4 Å². The van der Waals surface area contributed by atoms with Gasteiger partial charge in [0, 0.05) is 10.7 Å². The smallest absolute Gasteiger partial charge is 0.319 e. The van der Waals surface area contributed by atoms with E-state index >= 15 is 0 Å². The minimum atomic E-state index is -0.317. The average molecular weight is 313 g/mol. The van der Waals surface area contributed by atoms with E-state index in [9.17, 15) is 4.79 Å². The predicted molar refractivity (Wildman–Crippen MR) is 76.0 cm³/mol. The molecule has 5 heteroatoms. The molecule has 0 aromatic heterocycles. The number of rotatable bonds is 5. The number of hydrogen-bond donors (Lipinski definition) is 3. The van der Waals surface area contributed by atoms with Gasteiger partial charge in [-0.15, -0.1) is 0 Å². The Balaban J connectivity index is 2.42. The third-order valence-corrected chi connectivity index (χ3v) is 2.88. The first kappa shape index (κ1) is 14.7. The quantitative estimate of drug-likeness (QED) is 0.782. The second kappa shape index (κ2) is 7.89. The van der Waals surface area contributed by atoms with E-state index in [1.807, 2.05) is 31.2 Å². The van der Waals surface area contributed by atoms with Crippen molar-refractivity contribution in [1.82, 2.24) is 10.6 Å². The molecule has 0 aliphatic carbocycles. The lowest BCUT2D eigenvalue weighted by Gasteiger charge is -2.13. The van der Waals surface area contributed by atoms with Crippen LogP contribution in [0.2, 0.25) is 0 Å². The predicted octanol–water partition coefficient (Wildman–Crippen LogP) is 2.49. The number of carbonyl (C=O) groups excluding carboxylic acids is 1. The van der Waals surface area contributed by atoms with Crippen molar-refractivity contribution in [1.29, 1.82) is 0 Å². The molecule has 0 heterocycles. The van der Waals surface area contributed by atoms with Crippen molar-refractivity contribution >= 4 is 28.0 Å². The van der Waals surface area contributed by atoms with Gasteiger partial charge in [-0.3, -0.25) is 0 Å². The second-order valence-corrected chi connectivity index (χ2v) is 4.71. The summed E-state index contributed by atoms with van der Waals surface area (Å²) < 4.78 is 0.987. The maximum absolute atomic E-state index is 11.4. The summed E-state index contributed by atoms with van der Waals surface area (Å²) in [5.41, 5.74) is 0.985. The Morgan fingerprint density at radius 2 is 2.33 bits per heavy atom. The summed E-state index contributed by atoms with van der Waals surface area (Å²) in [6, 6.07) is 7.21. The summed E-state index contributed by atoms with van der Waals surface area (Å²) in [6.45, 7) is 1.85. The van der Waals surface area contributed by atoms with E-state index in [2.05, 4.69) is 26.6 Å². The summed E-state index contributed by atoms with van der Waals surface area (Å²) in [6.07, 6.45) is 4.06. The number of hydrogen-bond acceptors (Lipinski definition) is 2. The Hall–Kier alpha value is -1.33. The molecular formula is C13H17BrN2O2. The molecule has 0 fully saturated rings. The third kappa shape index (κ3) is 5.33. The van der Waals surface area contributed by atoms with Crippen LogP contribution in [0, 0.1) is 0 Å². The zero-order chi connectivity index (χ0) is 13.4. The van der Waals surface area contributed by atoms with Crippen LogP contribution in [0.15, 0.2) is 34.9 Å². The lowest BCUT2D eigenvalue weighted by molar-refractivity contribution is 0.217. The molecule has 1 rings (SSSR count). The normalized spacial score (nSPS) is 12.4. The minimum Gasteiger partial charge on any atom is -0.394 e. The fourth-order valence-corrected chi connectivity index (χ4v) is 1.74. The van der Waals surface area contributed by atoms with Gasteiger partial charge in [-0.1, -0.05) is 35.0 Å². The van der Waals surface area contributed by atoms with Crippen LogP contribution in [0.4, 0.5) is 4.79 Å². The standard InChI is InChI=1S/C13H17BrN2O2/c1-2-12(9-17)16-13(18)15-7-6-10-4-3-5-11(14)8-10/h3-8,12,17H,2,9H2,1H3,(H2,15,16,18)/b7-6+. The molecule has 98 valence electrons. The van der Waals surface area contributed by atoms with Gasteiger partial charge in [0.2, 0.25) is 0 Å². The maximum atomic E-state index is 11.4. The molecule has 0 radical (unpaired) electrons. The van der Waals surface area contributed by atoms with Gasteiger partial charge >= 0.3 is 6.03 Å². The largest absolute Gasteiger partial charge is 0.394 e. The first-order chi connectivity index (χ1) is 8.65. The Morgan fingerprint density at radius 3 is 2.94 bits per heavy atom. The van der Waals surface area contributed by atoms with Crippen LogP contribution in [0.25, 0.3) is 6.08 Å². The molecule has 4 nitrogen and oxygen atoms in total. The number of aliphatic hydroxyl groups excluding tert-OH is 1. The first-order valence-corrected chi connectivity index (χ1v) is 6.55. The minimum absolute atomic E-state index is 0.0563. The highest BCUT2D eigenvalue weighted by Gasteiger charge is 2.06. The van der Waals surface area contributed by atoms with Gasteiger partial charge in [-0.05, 0) is 30.2 Å². The molecular weight excluding hydrogens is 296 g/mol. The van der Waals surface area contributed by atoms with Gasteiger partial charge in [0.05, 0.1) is 12.6 Å². The van der Waals surface area contributed by atoms with Crippen molar-refractivity contribution in [2.24, 2.45) is 0 Å². The van der Waals surface area contributed by atoms with Crippen molar-refractivity contribution in [3.8, 4) is 0 Å². The van der Waals surface area contributed by atoms with Gasteiger partial charge in [-0.2, -0.15) is 0 Å². The highest BCUT2D eigenvalue weighted by Crippen LogP contribution is 2.12. The van der Waals surface area contributed by atoms with E-state index in [1.165, 1.54) is 0 Å². The monoisotopic (exact) mass is 312 g/mol. The van der Waals surface area contributed by atoms with Crippen LogP contribution >= 0.6 is 15.9 Å². The molecule has 0 spiro atoms. The number of urea groups is 1. The van der Waals surface area contributed by atoms with Crippen LogP contribution < -0.4 is 10.6 Å². The summed E-state index contributed by atoms with van der Waals surface area (Å²) in [7, 11) is 0. The van der Waals surface area contributed by atoms with Crippen molar-refractivity contribution in [3.05, 3.63) is 40.5 Å². The van der Waals surface area contributed by atoms with Crippen molar-refractivity contribution in [2.75, 3.05) is 6.61 Å². The average Bonchev–Trinajstić information content (AvgIpc) is 2.36. The van der Waals surface area contributed by atoms with Crippen LogP contribution in [-0.4, -0.2) is 23.8 Å². The Kier molecular flexibility index (Phi) is 6.46. The molecule has 0 saturated heterocycles. The zero-order valence-electron chi connectivity index (χ0n) is 10.2. The van der Waals surface area contributed by atoms with E-state index in [-0.39, 0.29) is 18.7 Å². The number of aliphatic hydroxyl groups is 1. The van der Waals surface area contributed by atoms with Gasteiger partial charge in [0.15, 0.2) is 0 Å². The molecule has 0 bridgehead atoms. The van der Waals surface area contributed by atoms with Crippen molar-refractivity contribution < 1.29 is 9.90 Å². The molecule has 1 aromatic rings. The SMILES string of the molecule is CCC(CO)NC(=O)N/C=C/c1cccc(Br)c1. The highest BCUT2D eigenvalue weighted by molar-refractivity contribution is 9.10. The molecule has 3 N–H and O–H groups in total. The molecule has 2 amide bonds. The molecule has 1 aromatic carbocycles. The third-order valence-electron chi connectivity index (χ3n) is 2.39. The summed E-state index contributed by atoms with van der Waals surface area (Å²) in [4.78, 5) is 11.4. The zero-order valence-corrected chi connectivity index (χ0v) is 11.8. The lowest BCUT2D eigenvalue weighted by Crippen LogP contribution is -2.41. The second-order valence-electron chi connectivity index (χ2n) is 3.79. The number of benzene rings is 1. The number of halogens is 1. The number of amides is 2. The van der Waals surface area contributed by atoms with Gasteiger partial charge in [0.1, 0.15) is 0 Å². The van der Waals surface area contributed by atoms with Crippen LogP contribution in [-0.2, 0) is 0 Å². The molecule has 0 saturated carbocycles. The fourth-order valence-electron chi connectivity index (χ4n) is 1.33. The Bertz CT molecular complexity index is 417. The van der Waals surface area contributed by atoms with Crippen molar-refractivity contribution in [3.63, 3.8) is 0 Å². The van der Waals surface area contributed by atoms with Crippen molar-refractivity contribution in [2.45, 2.75) is 19.4 Å². The van der Waals surface area contributed by atoms with E-state index in [4.69, 9.17) is 5.11 Å². The molecule has 1 unspecified atom stereocenters. The van der Waals surface area contributed by atoms with E-state index in [0.29, 0.717) is 6.42 Å². The summed E-state index contributed by atoms with van der Waals surface area (Å²) in [5.74, 6) is 0. The summed E-state index contributed by atoms with van der Waals surface area (Å²) in [5, 5.41) is 14.2. The number of carbonyl (C=O) groups is 1. The van der Waals surface area contributed by atoms with Crippen LogP contribution in [0.1, 0.15) is 18.9 Å². The summed E-state index contributed by atoms with van der Waals surface area (Å²) >= 11 is 3.37. The molecule has 1 atom stereocenters. The van der Waals surface area contributed by atoms with Gasteiger partial charge in [0.25, 0.3) is 0 Å². The lowest BCUT2D eigenvalue weighted by atomic mass is 10.2. The molecule has 18 heavy (non-hydrogen) atoms. The van der Waals surface area contributed by atoms with Gasteiger partial charge in [-0.25, -0.2) is 4.79 Å². The Morgan fingerprint density at radius 1 is 1.56 bits per heavy atom. The van der Waals surface area contributed by atoms with Gasteiger partial charge < -0.3 is 15.7 Å². The Labute approximate surface area is 115 Å². The maximum Gasteiger partial charge on any atom is 0.319 e. The van der Waals surface area contributed by atoms with Crippen LogP contribution in [0.3, 0.4) is 0 Å².